The molecule has 4 nitrogen and oxygen atoms in total. The summed E-state index contributed by atoms with van der Waals surface area (Å²) >= 11 is 0. The van der Waals surface area contributed by atoms with Crippen LogP contribution in [0.4, 0.5) is 0 Å². The second-order valence-corrected chi connectivity index (χ2v) is 2.69. The zero-order valence-electron chi connectivity index (χ0n) is 8.94. The van der Waals surface area contributed by atoms with Gasteiger partial charge in [0.1, 0.15) is 0 Å². The Morgan fingerprint density at radius 1 is 1.36 bits per heavy atom. The molecule has 0 aromatic carbocycles. The number of nitrogens with zero attached hydrogens (tertiary/aromatic N) is 1. The number of ether oxygens (including phenoxy) is 2. The van der Waals surface area contributed by atoms with Gasteiger partial charge in [-0.2, -0.15) is 0 Å². The van der Waals surface area contributed by atoms with Crippen molar-refractivity contribution in [2.45, 2.75) is 20.1 Å². The smallest absolute Gasteiger partial charge is 0.210 e. The van der Waals surface area contributed by atoms with Gasteiger partial charge in [-0.15, -0.1) is 6.58 Å². The standard InChI is InChI=1S/C10H19NO3/c1-4-7-11(9-12)8-10(13-5-2)14-6-3/h4,9-10H,1,5-8H2,2-3H3. The van der Waals surface area contributed by atoms with E-state index in [1.165, 1.54) is 0 Å². The van der Waals surface area contributed by atoms with Gasteiger partial charge in [-0.05, 0) is 13.8 Å². The number of rotatable bonds is 9. The zero-order chi connectivity index (χ0) is 10.8. The van der Waals surface area contributed by atoms with E-state index >= 15 is 0 Å². The van der Waals surface area contributed by atoms with Crippen LogP contribution in [0.25, 0.3) is 0 Å². The molecule has 0 aliphatic carbocycles. The van der Waals surface area contributed by atoms with Gasteiger partial charge >= 0.3 is 0 Å². The molecule has 0 atom stereocenters. The second-order valence-electron chi connectivity index (χ2n) is 2.69. The van der Waals surface area contributed by atoms with E-state index in [1.807, 2.05) is 13.8 Å². The normalized spacial score (nSPS) is 10.2. The van der Waals surface area contributed by atoms with Crippen molar-refractivity contribution in [2.24, 2.45) is 0 Å². The lowest BCUT2D eigenvalue weighted by molar-refractivity contribution is -0.151. The molecule has 0 unspecified atom stereocenters. The van der Waals surface area contributed by atoms with Crippen molar-refractivity contribution in [1.82, 2.24) is 4.90 Å². The summed E-state index contributed by atoms with van der Waals surface area (Å²) in [5, 5.41) is 0. The first-order chi connectivity index (χ1) is 6.78. The molecule has 1 amide bonds. The Labute approximate surface area is 85.5 Å². The van der Waals surface area contributed by atoms with Crippen LogP contribution in [0, 0.1) is 0 Å². The molecule has 0 radical (unpaired) electrons. The van der Waals surface area contributed by atoms with Gasteiger partial charge < -0.3 is 14.4 Å². The molecular weight excluding hydrogens is 182 g/mol. The lowest BCUT2D eigenvalue weighted by atomic mass is 10.5. The van der Waals surface area contributed by atoms with Crippen LogP contribution < -0.4 is 0 Å². The molecule has 14 heavy (non-hydrogen) atoms. The fourth-order valence-corrected chi connectivity index (χ4v) is 1.04. The number of carbonyl (C=O) groups excluding carboxylic acids is 1. The molecule has 82 valence electrons. The first-order valence-corrected chi connectivity index (χ1v) is 4.81. The molecular formula is C10H19NO3. The first kappa shape index (κ1) is 13.1. The summed E-state index contributed by atoms with van der Waals surface area (Å²) in [6.07, 6.45) is 2.10. The highest BCUT2D eigenvalue weighted by Crippen LogP contribution is 1.98. The van der Waals surface area contributed by atoms with Gasteiger partial charge in [0, 0.05) is 19.8 Å². The molecule has 0 saturated heterocycles. The maximum Gasteiger partial charge on any atom is 0.210 e. The van der Waals surface area contributed by atoms with Crippen LogP contribution in [0.5, 0.6) is 0 Å². The molecule has 0 rings (SSSR count). The quantitative estimate of drug-likeness (QED) is 0.318. The molecule has 0 spiro atoms. The third-order valence-corrected chi connectivity index (χ3v) is 1.60. The van der Waals surface area contributed by atoms with Crippen molar-refractivity contribution in [2.75, 3.05) is 26.3 Å². The highest BCUT2D eigenvalue weighted by Gasteiger charge is 2.11. The Balaban J connectivity index is 3.95. The average Bonchev–Trinajstić information content (AvgIpc) is 2.18. The summed E-state index contributed by atoms with van der Waals surface area (Å²) in [6, 6.07) is 0. The van der Waals surface area contributed by atoms with Crippen molar-refractivity contribution in [1.29, 1.82) is 0 Å². The minimum atomic E-state index is -0.338. The summed E-state index contributed by atoms with van der Waals surface area (Å²) in [4.78, 5) is 12.2. The molecule has 4 heteroatoms. The molecule has 0 aliphatic rings. The molecule has 0 N–H and O–H groups in total. The van der Waals surface area contributed by atoms with Crippen molar-refractivity contribution in [3.05, 3.63) is 12.7 Å². The second kappa shape index (κ2) is 8.72. The van der Waals surface area contributed by atoms with Gasteiger partial charge in [-0.1, -0.05) is 6.08 Å². The van der Waals surface area contributed by atoms with Crippen LogP contribution in [0.2, 0.25) is 0 Å². The van der Waals surface area contributed by atoms with Crippen LogP contribution in [-0.2, 0) is 14.3 Å². The fourth-order valence-electron chi connectivity index (χ4n) is 1.04. The molecule has 0 fully saturated rings. The van der Waals surface area contributed by atoms with Gasteiger partial charge in [-0.25, -0.2) is 0 Å². The fraction of sp³-hybridized carbons (Fsp3) is 0.700. The summed E-state index contributed by atoms with van der Waals surface area (Å²) in [5.74, 6) is 0. The largest absolute Gasteiger partial charge is 0.351 e. The SMILES string of the molecule is C=CCN(C=O)CC(OCC)OCC. The maximum absolute atomic E-state index is 10.6. The van der Waals surface area contributed by atoms with Gasteiger partial charge in [0.05, 0.1) is 6.54 Å². The van der Waals surface area contributed by atoms with Crippen LogP contribution in [0.3, 0.4) is 0 Å². The summed E-state index contributed by atoms with van der Waals surface area (Å²) in [5.41, 5.74) is 0. The third-order valence-electron chi connectivity index (χ3n) is 1.60. The molecule has 0 aromatic rings. The van der Waals surface area contributed by atoms with Crippen molar-refractivity contribution in [3.8, 4) is 0 Å². The monoisotopic (exact) mass is 201 g/mol. The topological polar surface area (TPSA) is 38.8 Å². The van der Waals surface area contributed by atoms with Crippen LogP contribution in [-0.4, -0.2) is 43.9 Å². The summed E-state index contributed by atoms with van der Waals surface area (Å²) in [6.45, 7) is 9.46. The molecule has 0 bridgehead atoms. The summed E-state index contributed by atoms with van der Waals surface area (Å²) < 4.78 is 10.6. The summed E-state index contributed by atoms with van der Waals surface area (Å²) in [7, 11) is 0. The number of amides is 1. The van der Waals surface area contributed by atoms with E-state index in [0.29, 0.717) is 26.3 Å². The van der Waals surface area contributed by atoms with E-state index in [0.717, 1.165) is 6.41 Å². The van der Waals surface area contributed by atoms with Gasteiger partial charge in [0.15, 0.2) is 6.29 Å². The Morgan fingerprint density at radius 2 is 1.93 bits per heavy atom. The first-order valence-electron chi connectivity index (χ1n) is 4.81. The predicted molar refractivity (Wildman–Crippen MR) is 54.9 cm³/mol. The van der Waals surface area contributed by atoms with E-state index in [2.05, 4.69) is 6.58 Å². The lowest BCUT2D eigenvalue weighted by Gasteiger charge is -2.22. The van der Waals surface area contributed by atoms with Crippen LogP contribution in [0.1, 0.15) is 13.8 Å². The Bertz CT molecular complexity index is 155. The highest BCUT2D eigenvalue weighted by atomic mass is 16.7. The molecule has 0 aromatic heterocycles. The lowest BCUT2D eigenvalue weighted by Crippen LogP contribution is -2.35. The molecule has 0 saturated carbocycles. The molecule has 0 heterocycles. The van der Waals surface area contributed by atoms with E-state index in [-0.39, 0.29) is 6.29 Å². The van der Waals surface area contributed by atoms with Gasteiger partial charge in [0.25, 0.3) is 0 Å². The van der Waals surface area contributed by atoms with E-state index in [1.54, 1.807) is 11.0 Å². The molecule has 0 aliphatic heterocycles. The van der Waals surface area contributed by atoms with Crippen LogP contribution >= 0.6 is 0 Å². The average molecular weight is 201 g/mol. The van der Waals surface area contributed by atoms with Crippen LogP contribution in [0.15, 0.2) is 12.7 Å². The zero-order valence-corrected chi connectivity index (χ0v) is 8.94. The number of hydrogen-bond donors (Lipinski definition) is 0. The Hall–Kier alpha value is -0.870. The Kier molecular flexibility index (Phi) is 8.17. The van der Waals surface area contributed by atoms with Crippen molar-refractivity contribution in [3.63, 3.8) is 0 Å². The van der Waals surface area contributed by atoms with E-state index < -0.39 is 0 Å². The minimum Gasteiger partial charge on any atom is -0.351 e. The van der Waals surface area contributed by atoms with E-state index in [9.17, 15) is 4.79 Å². The third kappa shape index (κ3) is 5.72. The van der Waals surface area contributed by atoms with Gasteiger partial charge in [0.2, 0.25) is 6.41 Å². The van der Waals surface area contributed by atoms with Crippen molar-refractivity contribution >= 4 is 6.41 Å². The highest BCUT2D eigenvalue weighted by molar-refractivity contribution is 5.47. The number of hydrogen-bond acceptors (Lipinski definition) is 3. The van der Waals surface area contributed by atoms with Crippen molar-refractivity contribution < 1.29 is 14.3 Å². The maximum atomic E-state index is 10.6. The van der Waals surface area contributed by atoms with E-state index in [4.69, 9.17) is 9.47 Å². The number of carbonyl (C=O) groups is 1. The minimum absolute atomic E-state index is 0.338. The van der Waals surface area contributed by atoms with Gasteiger partial charge in [-0.3, -0.25) is 4.79 Å². The predicted octanol–water partition coefficient (Wildman–Crippen LogP) is 1.03. The Morgan fingerprint density at radius 3 is 2.29 bits per heavy atom.